The number of nitrogens with zero attached hydrogens (tertiary/aromatic N) is 2. The average Bonchev–Trinajstić information content (AvgIpc) is 2.86. The number of carbonyl (C=O) groups is 1. The summed E-state index contributed by atoms with van der Waals surface area (Å²) in [5, 5.41) is 4.31. The third kappa shape index (κ3) is 6.68. The molecule has 2 heterocycles. The maximum Gasteiger partial charge on any atom is 0.273 e. The Bertz CT molecular complexity index is 982. The molecular weight excluding hydrogens is 454 g/mol. The van der Waals surface area contributed by atoms with Crippen LogP contribution in [0.3, 0.4) is 0 Å². The van der Waals surface area contributed by atoms with E-state index in [1.54, 1.807) is 13.2 Å². The van der Waals surface area contributed by atoms with Crippen LogP contribution in [0.25, 0.3) is 10.9 Å². The van der Waals surface area contributed by atoms with Gasteiger partial charge in [0.2, 0.25) is 0 Å². The van der Waals surface area contributed by atoms with Crippen molar-refractivity contribution in [1.82, 2.24) is 15.2 Å². The minimum atomic E-state index is -0.0575. The fraction of sp³-hybridized carbons (Fsp3) is 0.655. The molecule has 1 aromatic carbocycles. The Balaban J connectivity index is 1.70. The lowest BCUT2D eigenvalue weighted by molar-refractivity contribution is 0.0567. The van der Waals surface area contributed by atoms with E-state index in [-0.39, 0.29) is 24.1 Å². The summed E-state index contributed by atoms with van der Waals surface area (Å²) >= 11 is 0. The summed E-state index contributed by atoms with van der Waals surface area (Å²) in [4.78, 5) is 20.8. The zero-order valence-corrected chi connectivity index (χ0v) is 22.3. The minimum Gasteiger partial charge on any atom is -0.490 e. The van der Waals surface area contributed by atoms with Gasteiger partial charge in [-0.05, 0) is 71.0 Å². The van der Waals surface area contributed by atoms with Crippen LogP contribution in [0.5, 0.6) is 11.5 Å². The number of pyridine rings is 1. The van der Waals surface area contributed by atoms with Gasteiger partial charge in [0.25, 0.3) is 5.91 Å². The molecule has 1 N–H and O–H groups in total. The van der Waals surface area contributed by atoms with E-state index in [0.717, 1.165) is 49.9 Å². The monoisotopic (exact) mass is 497 g/mol. The van der Waals surface area contributed by atoms with Gasteiger partial charge in [0.05, 0.1) is 12.7 Å². The van der Waals surface area contributed by atoms with Crippen LogP contribution in [-0.2, 0) is 4.74 Å². The molecule has 1 saturated heterocycles. The predicted molar refractivity (Wildman–Crippen MR) is 143 cm³/mol. The molecule has 1 atom stereocenters. The van der Waals surface area contributed by atoms with E-state index in [1.165, 1.54) is 32.1 Å². The Hall–Kier alpha value is -2.38. The van der Waals surface area contributed by atoms with Crippen LogP contribution in [0.4, 0.5) is 0 Å². The quantitative estimate of drug-likeness (QED) is 0.471. The standard InChI is InChI=1S/C29H43N3O4/c1-21(2)32(22-11-10-16-30-20-22)29(33)25-19-27(35-18-17-34-3)24-14-9-15-26(28(24)31-25)36-23-12-7-5-4-6-8-13-23/h9,14-15,19,21-23,30H,4-8,10-13,16-18,20H2,1-3H3/t22-/m1/s1. The van der Waals surface area contributed by atoms with Crippen LogP contribution in [0.1, 0.15) is 82.1 Å². The van der Waals surface area contributed by atoms with E-state index >= 15 is 0 Å². The van der Waals surface area contributed by atoms with E-state index in [0.29, 0.717) is 30.2 Å². The number of piperidine rings is 1. The van der Waals surface area contributed by atoms with Crippen molar-refractivity contribution >= 4 is 16.8 Å². The largest absolute Gasteiger partial charge is 0.490 e. The number of fused-ring (bicyclic) bond motifs is 1. The van der Waals surface area contributed by atoms with Crippen molar-refractivity contribution in [2.24, 2.45) is 0 Å². The lowest BCUT2D eigenvalue weighted by Crippen LogP contribution is -2.51. The molecule has 198 valence electrons. The average molecular weight is 498 g/mol. The maximum atomic E-state index is 13.9. The second-order valence-corrected chi connectivity index (χ2v) is 10.4. The van der Waals surface area contributed by atoms with Gasteiger partial charge in [0.1, 0.15) is 29.3 Å². The lowest BCUT2D eigenvalue weighted by Gasteiger charge is -2.37. The zero-order valence-electron chi connectivity index (χ0n) is 22.3. The lowest BCUT2D eigenvalue weighted by atomic mass is 9.98. The van der Waals surface area contributed by atoms with Gasteiger partial charge in [-0.25, -0.2) is 4.98 Å². The highest BCUT2D eigenvalue weighted by Gasteiger charge is 2.30. The number of benzene rings is 1. The first kappa shape index (κ1) is 26.7. The molecule has 7 nitrogen and oxygen atoms in total. The molecule has 0 unspecified atom stereocenters. The predicted octanol–water partition coefficient (Wildman–Crippen LogP) is 5.35. The summed E-state index contributed by atoms with van der Waals surface area (Å²) in [5.41, 5.74) is 1.10. The molecule has 2 aliphatic rings. The number of rotatable bonds is 9. The van der Waals surface area contributed by atoms with Crippen LogP contribution in [0.15, 0.2) is 24.3 Å². The first-order valence-corrected chi connectivity index (χ1v) is 13.8. The summed E-state index contributed by atoms with van der Waals surface area (Å²) < 4.78 is 17.9. The molecule has 0 bridgehead atoms. The van der Waals surface area contributed by atoms with Crippen LogP contribution < -0.4 is 14.8 Å². The number of carbonyl (C=O) groups excluding carboxylic acids is 1. The van der Waals surface area contributed by atoms with Gasteiger partial charge in [-0.15, -0.1) is 0 Å². The summed E-state index contributed by atoms with van der Waals surface area (Å²) in [6.07, 6.45) is 10.6. The Morgan fingerprint density at radius 2 is 1.83 bits per heavy atom. The molecule has 1 aliphatic carbocycles. The molecule has 1 saturated carbocycles. The zero-order chi connectivity index (χ0) is 25.3. The van der Waals surface area contributed by atoms with Gasteiger partial charge in [-0.1, -0.05) is 25.3 Å². The molecule has 2 aromatic rings. The summed E-state index contributed by atoms with van der Waals surface area (Å²) in [7, 11) is 1.66. The molecule has 7 heteroatoms. The van der Waals surface area contributed by atoms with Crippen molar-refractivity contribution in [3.63, 3.8) is 0 Å². The number of nitrogens with one attached hydrogen (secondary N) is 1. The number of aromatic nitrogens is 1. The topological polar surface area (TPSA) is 72.9 Å². The van der Waals surface area contributed by atoms with Gasteiger partial charge in [0.15, 0.2) is 0 Å². The fourth-order valence-electron chi connectivity index (χ4n) is 5.49. The Labute approximate surface area is 215 Å². The van der Waals surface area contributed by atoms with Crippen molar-refractivity contribution < 1.29 is 19.0 Å². The molecule has 1 aliphatic heterocycles. The highest BCUT2D eigenvalue weighted by Crippen LogP contribution is 2.34. The molecule has 1 aromatic heterocycles. The van der Waals surface area contributed by atoms with Gasteiger partial charge in [0, 0.05) is 37.2 Å². The molecule has 0 radical (unpaired) electrons. The number of amides is 1. The van der Waals surface area contributed by atoms with E-state index in [1.807, 2.05) is 23.1 Å². The van der Waals surface area contributed by atoms with Gasteiger partial charge >= 0.3 is 0 Å². The minimum absolute atomic E-state index is 0.0575. The van der Waals surface area contributed by atoms with Crippen LogP contribution in [-0.4, -0.2) is 67.4 Å². The van der Waals surface area contributed by atoms with Gasteiger partial charge in [-0.2, -0.15) is 0 Å². The molecule has 4 rings (SSSR count). The molecule has 0 spiro atoms. The first-order chi connectivity index (χ1) is 17.6. The van der Waals surface area contributed by atoms with Crippen LogP contribution in [0, 0.1) is 0 Å². The van der Waals surface area contributed by atoms with E-state index < -0.39 is 0 Å². The molecule has 2 fully saturated rings. The highest BCUT2D eigenvalue weighted by molar-refractivity contribution is 5.98. The molecule has 36 heavy (non-hydrogen) atoms. The smallest absolute Gasteiger partial charge is 0.273 e. The van der Waals surface area contributed by atoms with Crippen molar-refractivity contribution in [2.45, 2.75) is 89.8 Å². The Kier molecular flexibility index (Phi) is 9.82. The highest BCUT2D eigenvalue weighted by atomic mass is 16.5. The number of ether oxygens (including phenoxy) is 3. The van der Waals surface area contributed by atoms with Gasteiger partial charge < -0.3 is 24.4 Å². The molecular formula is C29H43N3O4. The van der Waals surface area contributed by atoms with Gasteiger partial charge in [-0.3, -0.25) is 4.79 Å². The van der Waals surface area contributed by atoms with Crippen LogP contribution >= 0.6 is 0 Å². The Morgan fingerprint density at radius 1 is 1.06 bits per heavy atom. The Morgan fingerprint density at radius 3 is 2.53 bits per heavy atom. The van der Waals surface area contributed by atoms with E-state index in [4.69, 9.17) is 19.2 Å². The number of hydrogen-bond donors (Lipinski definition) is 1. The second kappa shape index (κ2) is 13.2. The SMILES string of the molecule is COCCOc1cc(C(=O)N(C(C)C)[C@@H]2CCCNC2)nc2c(OC3CCCCCCC3)cccc12. The van der Waals surface area contributed by atoms with Crippen molar-refractivity contribution in [3.05, 3.63) is 30.0 Å². The van der Waals surface area contributed by atoms with E-state index in [9.17, 15) is 4.79 Å². The van der Waals surface area contributed by atoms with Crippen molar-refractivity contribution in [1.29, 1.82) is 0 Å². The molecule has 1 amide bonds. The van der Waals surface area contributed by atoms with Crippen LogP contribution in [0.2, 0.25) is 0 Å². The number of hydrogen-bond acceptors (Lipinski definition) is 6. The summed E-state index contributed by atoms with van der Waals surface area (Å²) in [6, 6.07) is 7.98. The summed E-state index contributed by atoms with van der Waals surface area (Å²) in [5.74, 6) is 1.33. The maximum absolute atomic E-state index is 13.9. The number of para-hydroxylation sites is 1. The number of methoxy groups -OCH3 is 1. The second-order valence-electron chi connectivity index (χ2n) is 10.4. The first-order valence-electron chi connectivity index (χ1n) is 13.8. The summed E-state index contributed by atoms with van der Waals surface area (Å²) in [6.45, 7) is 6.84. The third-order valence-electron chi connectivity index (χ3n) is 7.33. The normalized spacial score (nSPS) is 19.6. The van der Waals surface area contributed by atoms with Crippen molar-refractivity contribution in [3.8, 4) is 11.5 Å². The van der Waals surface area contributed by atoms with E-state index in [2.05, 4.69) is 19.2 Å². The third-order valence-corrected chi connectivity index (χ3v) is 7.33. The van der Waals surface area contributed by atoms with Crippen molar-refractivity contribution in [2.75, 3.05) is 33.4 Å². The fourth-order valence-corrected chi connectivity index (χ4v) is 5.49.